The molecule has 0 unspecified atom stereocenters. The molecule has 0 saturated carbocycles. The van der Waals surface area contributed by atoms with Crippen molar-refractivity contribution in [3.63, 3.8) is 0 Å². The number of ether oxygens (including phenoxy) is 3. The van der Waals surface area contributed by atoms with Gasteiger partial charge in [0.15, 0.2) is 6.61 Å². The van der Waals surface area contributed by atoms with Crippen molar-refractivity contribution < 1.29 is 24.1 Å². The molecule has 142 valence electrons. The summed E-state index contributed by atoms with van der Waals surface area (Å²) in [5.41, 5.74) is 1.66. The average Bonchev–Trinajstić information content (AvgIpc) is 3.35. The molecule has 2 N–H and O–H groups in total. The first-order valence-electron chi connectivity index (χ1n) is 7.77. The van der Waals surface area contributed by atoms with E-state index in [9.17, 15) is 4.79 Å². The Morgan fingerprint density at radius 2 is 2.22 bits per heavy atom. The number of fused-ring (bicyclic) bond motifs is 1. The first kappa shape index (κ1) is 18.5. The Labute approximate surface area is 157 Å². The van der Waals surface area contributed by atoms with E-state index in [1.54, 1.807) is 43.0 Å². The van der Waals surface area contributed by atoms with Crippen LogP contribution in [0.2, 0.25) is 0 Å². The Morgan fingerprint density at radius 3 is 2.85 bits per heavy atom. The zero-order valence-corrected chi connectivity index (χ0v) is 15.6. The summed E-state index contributed by atoms with van der Waals surface area (Å²) in [5, 5.41) is 20.7. The molecule has 0 bridgehead atoms. The molecular formula is C16H17N5O5S. The lowest BCUT2D eigenvalue weighted by molar-refractivity contribution is -0.139. The maximum atomic E-state index is 10.9. The molecule has 3 rings (SSSR count). The lowest BCUT2D eigenvalue weighted by atomic mass is 10.2. The van der Waals surface area contributed by atoms with E-state index in [1.807, 2.05) is 0 Å². The highest BCUT2D eigenvalue weighted by atomic mass is 32.1. The van der Waals surface area contributed by atoms with Gasteiger partial charge in [0.05, 0.1) is 20.4 Å². The van der Waals surface area contributed by atoms with E-state index >= 15 is 0 Å². The van der Waals surface area contributed by atoms with Gasteiger partial charge in [0.1, 0.15) is 28.6 Å². The van der Waals surface area contributed by atoms with Crippen molar-refractivity contribution in [2.24, 2.45) is 0 Å². The fourth-order valence-corrected chi connectivity index (χ4v) is 2.89. The van der Waals surface area contributed by atoms with Crippen molar-refractivity contribution >= 4 is 28.0 Å². The molecule has 3 heterocycles. The highest BCUT2D eigenvalue weighted by Gasteiger charge is 2.15. The quantitative estimate of drug-likeness (QED) is 0.442. The van der Waals surface area contributed by atoms with Crippen LogP contribution in [0.15, 0.2) is 30.2 Å². The standard InChI is InChI=1S/C16H17N5O5S/c1-4-9(24-2)5-13(26-8-14(22)23)11-6-10(18-19-11)12-7-21-15(17-12)27-16(20-21)25-3/h4-7H,8H2,1-3H3,(H,18,19)(H,22,23)/b9-4+,13-5+. The monoisotopic (exact) mass is 391 g/mol. The average molecular weight is 391 g/mol. The van der Waals surface area contributed by atoms with Crippen LogP contribution in [0.25, 0.3) is 22.1 Å². The first-order valence-corrected chi connectivity index (χ1v) is 8.58. The van der Waals surface area contributed by atoms with Crippen LogP contribution in [-0.2, 0) is 14.3 Å². The summed E-state index contributed by atoms with van der Waals surface area (Å²) in [6, 6.07) is 1.71. The van der Waals surface area contributed by atoms with Gasteiger partial charge in [0, 0.05) is 6.08 Å². The Bertz CT molecular complexity index is 984. The summed E-state index contributed by atoms with van der Waals surface area (Å²) < 4.78 is 17.2. The van der Waals surface area contributed by atoms with Gasteiger partial charge in [0.25, 0.3) is 5.19 Å². The van der Waals surface area contributed by atoms with Crippen LogP contribution in [0.4, 0.5) is 0 Å². The molecule has 11 heteroatoms. The molecule has 27 heavy (non-hydrogen) atoms. The second kappa shape index (κ2) is 7.91. The third-order valence-electron chi connectivity index (χ3n) is 3.45. The zero-order chi connectivity index (χ0) is 19.4. The summed E-state index contributed by atoms with van der Waals surface area (Å²) in [6.45, 7) is 1.30. The van der Waals surface area contributed by atoms with Crippen molar-refractivity contribution in [1.82, 2.24) is 24.8 Å². The Balaban J connectivity index is 1.91. The van der Waals surface area contributed by atoms with E-state index in [-0.39, 0.29) is 5.76 Å². The molecule has 3 aromatic heterocycles. The largest absolute Gasteiger partial charge is 0.497 e. The lowest BCUT2D eigenvalue weighted by Crippen LogP contribution is -2.07. The number of nitrogens with zero attached hydrogens (tertiary/aromatic N) is 4. The van der Waals surface area contributed by atoms with Crippen LogP contribution < -0.4 is 4.74 Å². The molecule has 0 fully saturated rings. The summed E-state index contributed by atoms with van der Waals surface area (Å²) in [6.07, 6.45) is 5.03. The van der Waals surface area contributed by atoms with Crippen molar-refractivity contribution in [3.8, 4) is 16.6 Å². The number of rotatable bonds is 8. The van der Waals surface area contributed by atoms with Gasteiger partial charge in [-0.2, -0.15) is 5.10 Å². The molecule has 0 aliphatic carbocycles. The molecule has 0 aromatic carbocycles. The van der Waals surface area contributed by atoms with Gasteiger partial charge in [-0.1, -0.05) is 0 Å². The summed E-state index contributed by atoms with van der Waals surface area (Å²) >= 11 is 1.31. The van der Waals surface area contributed by atoms with Gasteiger partial charge < -0.3 is 19.3 Å². The third-order valence-corrected chi connectivity index (χ3v) is 4.33. The number of aromatic nitrogens is 5. The second-order valence-electron chi connectivity index (χ2n) is 5.18. The van der Waals surface area contributed by atoms with Crippen LogP contribution in [0.5, 0.6) is 5.19 Å². The number of carbonyl (C=O) groups is 1. The summed E-state index contributed by atoms with van der Waals surface area (Å²) in [7, 11) is 3.06. The topological polar surface area (TPSA) is 124 Å². The molecule has 0 saturated heterocycles. The van der Waals surface area contributed by atoms with Gasteiger partial charge >= 0.3 is 5.97 Å². The van der Waals surface area contributed by atoms with Gasteiger partial charge in [-0.15, -0.1) is 5.10 Å². The number of H-pyrrole nitrogens is 1. The van der Waals surface area contributed by atoms with E-state index in [4.69, 9.17) is 19.3 Å². The van der Waals surface area contributed by atoms with Crippen LogP contribution in [0, 0.1) is 0 Å². The predicted molar refractivity (Wildman–Crippen MR) is 97.3 cm³/mol. The molecular weight excluding hydrogens is 374 g/mol. The number of aliphatic carboxylic acids is 1. The normalized spacial score (nSPS) is 12.4. The zero-order valence-electron chi connectivity index (χ0n) is 14.8. The Morgan fingerprint density at radius 1 is 1.41 bits per heavy atom. The van der Waals surface area contributed by atoms with Gasteiger partial charge in [-0.05, 0) is 30.4 Å². The number of methoxy groups -OCH3 is 2. The third kappa shape index (κ3) is 4.08. The fourth-order valence-electron chi connectivity index (χ4n) is 2.19. The fraction of sp³-hybridized carbons (Fsp3) is 0.250. The van der Waals surface area contributed by atoms with E-state index in [2.05, 4.69) is 20.3 Å². The first-order chi connectivity index (χ1) is 13.0. The molecule has 10 nitrogen and oxygen atoms in total. The molecule has 0 aliphatic heterocycles. The number of hydrogen-bond acceptors (Lipinski definition) is 8. The second-order valence-corrected chi connectivity index (χ2v) is 6.10. The molecule has 0 amide bonds. The van der Waals surface area contributed by atoms with Crippen molar-refractivity contribution in [3.05, 3.63) is 35.9 Å². The SMILES string of the molecule is C/C=C(\C=C(\OCC(=O)O)c1cc(-c2cn3nc(OC)sc3n2)n[nH]1)OC. The van der Waals surface area contributed by atoms with Gasteiger partial charge in [0.2, 0.25) is 4.96 Å². The highest BCUT2D eigenvalue weighted by Crippen LogP contribution is 2.26. The number of carboxylic acid groups (broad SMARTS) is 1. The molecule has 3 aromatic rings. The van der Waals surface area contributed by atoms with Gasteiger partial charge in [-0.25, -0.2) is 14.3 Å². The Kier molecular flexibility index (Phi) is 5.41. The maximum absolute atomic E-state index is 10.9. The highest BCUT2D eigenvalue weighted by molar-refractivity contribution is 7.18. The molecule has 0 spiro atoms. The van der Waals surface area contributed by atoms with E-state index < -0.39 is 12.6 Å². The van der Waals surface area contributed by atoms with E-state index in [0.717, 1.165) is 0 Å². The number of hydrogen-bond donors (Lipinski definition) is 2. The Hall–Kier alpha value is -3.34. The summed E-state index contributed by atoms with van der Waals surface area (Å²) in [5.74, 6) is -0.285. The minimum atomic E-state index is -1.09. The van der Waals surface area contributed by atoms with Crippen molar-refractivity contribution in [1.29, 1.82) is 0 Å². The summed E-state index contributed by atoms with van der Waals surface area (Å²) in [4.78, 5) is 16.0. The number of carboxylic acids is 1. The molecule has 0 atom stereocenters. The number of allylic oxidation sites excluding steroid dienone is 2. The van der Waals surface area contributed by atoms with Crippen molar-refractivity contribution in [2.45, 2.75) is 6.92 Å². The van der Waals surface area contributed by atoms with Crippen LogP contribution in [0.3, 0.4) is 0 Å². The number of nitrogens with one attached hydrogen (secondary N) is 1. The van der Waals surface area contributed by atoms with Crippen molar-refractivity contribution in [2.75, 3.05) is 20.8 Å². The minimum absolute atomic E-state index is 0.284. The number of aromatic amines is 1. The minimum Gasteiger partial charge on any atom is -0.497 e. The van der Waals surface area contributed by atoms with Crippen LogP contribution in [-0.4, -0.2) is 56.7 Å². The number of imidazole rings is 1. The van der Waals surface area contributed by atoms with Crippen LogP contribution >= 0.6 is 11.3 Å². The van der Waals surface area contributed by atoms with Crippen LogP contribution in [0.1, 0.15) is 12.6 Å². The smallest absolute Gasteiger partial charge is 0.341 e. The maximum Gasteiger partial charge on any atom is 0.341 e. The van der Waals surface area contributed by atoms with E-state index in [1.165, 1.54) is 18.4 Å². The molecule has 0 aliphatic rings. The van der Waals surface area contributed by atoms with E-state index in [0.29, 0.717) is 33.0 Å². The lowest BCUT2D eigenvalue weighted by Gasteiger charge is -2.07. The molecule has 0 radical (unpaired) electrons. The van der Waals surface area contributed by atoms with Gasteiger partial charge in [-0.3, -0.25) is 5.10 Å². The predicted octanol–water partition coefficient (Wildman–Crippen LogP) is 2.18.